The molecule has 0 aliphatic rings. The molecule has 0 bridgehead atoms. The lowest BCUT2D eigenvalue weighted by Crippen LogP contribution is -2.05. The molecule has 0 saturated carbocycles. The van der Waals surface area contributed by atoms with Gasteiger partial charge >= 0.3 is 0 Å². The molecule has 0 amide bonds. The van der Waals surface area contributed by atoms with Gasteiger partial charge in [0, 0.05) is 6.20 Å². The number of benzene rings is 1. The Bertz CT molecular complexity index is 778. The van der Waals surface area contributed by atoms with E-state index >= 15 is 0 Å². The molecule has 0 unspecified atom stereocenters. The maximum atomic E-state index is 6.13. The normalized spacial score (nSPS) is 10.2. The van der Waals surface area contributed by atoms with Gasteiger partial charge in [0.05, 0.1) is 22.6 Å². The van der Waals surface area contributed by atoms with Gasteiger partial charge in [-0.3, -0.25) is 4.98 Å². The molecule has 1 aromatic carbocycles. The third-order valence-electron chi connectivity index (χ3n) is 2.94. The molecule has 6 nitrogen and oxygen atoms in total. The Morgan fingerprint density at radius 1 is 0.955 bits per heavy atom. The summed E-state index contributed by atoms with van der Waals surface area (Å²) in [6, 6.07) is 11.1. The first kappa shape index (κ1) is 14.1. The van der Waals surface area contributed by atoms with E-state index < -0.39 is 0 Å². The average molecular weight is 313 g/mol. The van der Waals surface area contributed by atoms with Gasteiger partial charge in [-0.1, -0.05) is 23.7 Å². The lowest BCUT2D eigenvalue weighted by Gasteiger charge is -2.13. The van der Waals surface area contributed by atoms with Crippen molar-refractivity contribution in [2.45, 2.75) is 0 Å². The van der Waals surface area contributed by atoms with Gasteiger partial charge in [0.15, 0.2) is 11.6 Å². The molecule has 0 saturated heterocycles. The fourth-order valence-electron chi connectivity index (χ4n) is 1.86. The van der Waals surface area contributed by atoms with E-state index in [4.69, 9.17) is 17.3 Å². The van der Waals surface area contributed by atoms with Crippen LogP contribution >= 0.6 is 11.6 Å². The number of hydrogen-bond donors (Lipinski definition) is 3. The summed E-state index contributed by atoms with van der Waals surface area (Å²) in [6.45, 7) is 0. The third kappa shape index (κ3) is 3.07. The summed E-state index contributed by atoms with van der Waals surface area (Å²) in [5.41, 5.74) is 8.02. The summed E-state index contributed by atoms with van der Waals surface area (Å²) < 4.78 is 0. The summed E-state index contributed by atoms with van der Waals surface area (Å²) in [7, 11) is 0. The first-order valence-electron chi connectivity index (χ1n) is 6.53. The van der Waals surface area contributed by atoms with Gasteiger partial charge in [-0.25, -0.2) is 9.97 Å². The maximum absolute atomic E-state index is 6.13. The molecule has 7 heteroatoms. The third-order valence-corrected chi connectivity index (χ3v) is 3.26. The van der Waals surface area contributed by atoms with Crippen LogP contribution in [0.3, 0.4) is 0 Å². The van der Waals surface area contributed by atoms with Crippen LogP contribution in [-0.4, -0.2) is 15.0 Å². The summed E-state index contributed by atoms with van der Waals surface area (Å²) >= 11 is 6.13. The van der Waals surface area contributed by atoms with E-state index in [9.17, 15) is 0 Å². The predicted octanol–water partition coefficient (Wildman–Crippen LogP) is 3.59. The summed E-state index contributed by atoms with van der Waals surface area (Å²) in [5.74, 6) is 0.979. The number of aromatic nitrogens is 3. The van der Waals surface area contributed by atoms with Gasteiger partial charge in [0.1, 0.15) is 12.0 Å². The molecule has 0 fully saturated rings. The van der Waals surface area contributed by atoms with Gasteiger partial charge in [-0.05, 0) is 24.3 Å². The van der Waals surface area contributed by atoms with Crippen LogP contribution in [-0.2, 0) is 0 Å². The van der Waals surface area contributed by atoms with Crippen LogP contribution < -0.4 is 16.4 Å². The lowest BCUT2D eigenvalue weighted by molar-refractivity contribution is 1.17. The zero-order valence-electron chi connectivity index (χ0n) is 11.5. The zero-order valence-corrected chi connectivity index (χ0v) is 12.2. The maximum Gasteiger partial charge on any atom is 0.159 e. The number of pyridine rings is 1. The van der Waals surface area contributed by atoms with Crippen molar-refractivity contribution in [3.05, 3.63) is 60.1 Å². The van der Waals surface area contributed by atoms with Crippen LogP contribution in [0.5, 0.6) is 0 Å². The summed E-state index contributed by atoms with van der Waals surface area (Å²) in [5, 5.41) is 6.79. The minimum absolute atomic E-state index is 0.395. The van der Waals surface area contributed by atoms with Crippen LogP contribution in [0.25, 0.3) is 0 Å². The van der Waals surface area contributed by atoms with Crippen LogP contribution in [0.4, 0.5) is 28.7 Å². The van der Waals surface area contributed by atoms with Crippen LogP contribution in [0, 0.1) is 0 Å². The number of nitrogens with zero attached hydrogens (tertiary/aromatic N) is 3. The molecule has 2 heterocycles. The first-order valence-corrected chi connectivity index (χ1v) is 6.91. The number of nitrogens with two attached hydrogens (primary N) is 1. The van der Waals surface area contributed by atoms with E-state index in [0.29, 0.717) is 22.3 Å². The highest BCUT2D eigenvalue weighted by Crippen LogP contribution is 2.30. The van der Waals surface area contributed by atoms with Crippen molar-refractivity contribution in [2.75, 3.05) is 16.4 Å². The van der Waals surface area contributed by atoms with Crippen molar-refractivity contribution in [2.24, 2.45) is 0 Å². The fraction of sp³-hybridized carbons (Fsp3) is 0. The van der Waals surface area contributed by atoms with Crippen molar-refractivity contribution >= 4 is 40.3 Å². The van der Waals surface area contributed by atoms with Gasteiger partial charge in [0.2, 0.25) is 0 Å². The minimum Gasteiger partial charge on any atom is -0.393 e. The Morgan fingerprint density at radius 3 is 2.45 bits per heavy atom. The fourth-order valence-corrected chi connectivity index (χ4v) is 2.04. The Morgan fingerprint density at radius 2 is 1.73 bits per heavy atom. The number of para-hydroxylation sites is 1. The van der Waals surface area contributed by atoms with Crippen molar-refractivity contribution < 1.29 is 0 Å². The van der Waals surface area contributed by atoms with E-state index in [1.807, 2.05) is 30.3 Å². The number of anilines is 5. The zero-order chi connectivity index (χ0) is 15.4. The quantitative estimate of drug-likeness (QED) is 0.682. The number of nitrogens with one attached hydrogen (secondary N) is 2. The highest BCUT2D eigenvalue weighted by atomic mass is 35.5. The topological polar surface area (TPSA) is 88.8 Å². The number of nitrogen functional groups attached to an aromatic ring is 1. The molecular formula is C15H13ClN6. The van der Waals surface area contributed by atoms with Gasteiger partial charge in [0.25, 0.3) is 0 Å². The van der Waals surface area contributed by atoms with Gasteiger partial charge in [-0.2, -0.15) is 0 Å². The lowest BCUT2D eigenvalue weighted by atomic mass is 10.3. The Labute approximate surface area is 132 Å². The Balaban J connectivity index is 1.88. The standard InChI is InChI=1S/C15H13ClN6/c16-11-5-1-2-6-12(11)22-15-13(17)14(19-9-20-15)21-10-4-3-7-18-8-10/h1-9H,17H2,(H2,19,20,21,22). The monoisotopic (exact) mass is 312 g/mol. The second-order valence-corrected chi connectivity index (χ2v) is 4.86. The predicted molar refractivity (Wildman–Crippen MR) is 88.7 cm³/mol. The van der Waals surface area contributed by atoms with Crippen molar-refractivity contribution in [3.63, 3.8) is 0 Å². The SMILES string of the molecule is Nc1c(Nc2cccnc2)ncnc1Nc1ccccc1Cl. The van der Waals surface area contributed by atoms with E-state index in [2.05, 4.69) is 25.6 Å². The van der Waals surface area contributed by atoms with Crippen molar-refractivity contribution in [1.29, 1.82) is 0 Å². The molecule has 0 atom stereocenters. The van der Waals surface area contributed by atoms with Gasteiger partial charge < -0.3 is 16.4 Å². The van der Waals surface area contributed by atoms with Crippen molar-refractivity contribution in [3.8, 4) is 0 Å². The molecule has 22 heavy (non-hydrogen) atoms. The number of rotatable bonds is 4. The number of hydrogen-bond acceptors (Lipinski definition) is 6. The summed E-state index contributed by atoms with van der Waals surface area (Å²) in [4.78, 5) is 12.3. The smallest absolute Gasteiger partial charge is 0.159 e. The van der Waals surface area contributed by atoms with E-state index in [1.165, 1.54) is 6.33 Å². The second-order valence-electron chi connectivity index (χ2n) is 4.46. The minimum atomic E-state index is 0.395. The highest BCUT2D eigenvalue weighted by Gasteiger charge is 2.10. The molecule has 2 aromatic heterocycles. The largest absolute Gasteiger partial charge is 0.393 e. The van der Waals surface area contributed by atoms with Crippen LogP contribution in [0.15, 0.2) is 55.1 Å². The molecule has 0 aliphatic carbocycles. The molecule has 0 aliphatic heterocycles. The second kappa shape index (κ2) is 6.28. The molecule has 110 valence electrons. The highest BCUT2D eigenvalue weighted by molar-refractivity contribution is 6.33. The molecule has 0 spiro atoms. The van der Waals surface area contributed by atoms with E-state index in [0.717, 1.165) is 11.4 Å². The van der Waals surface area contributed by atoms with Gasteiger partial charge in [-0.15, -0.1) is 0 Å². The molecule has 3 rings (SSSR count). The van der Waals surface area contributed by atoms with Crippen LogP contribution in [0.1, 0.15) is 0 Å². The van der Waals surface area contributed by atoms with E-state index in [1.54, 1.807) is 18.5 Å². The van der Waals surface area contributed by atoms with Crippen LogP contribution in [0.2, 0.25) is 5.02 Å². The average Bonchev–Trinajstić information content (AvgIpc) is 2.54. The summed E-state index contributed by atoms with van der Waals surface area (Å²) in [6.07, 6.45) is 4.80. The molecule has 3 aromatic rings. The first-order chi connectivity index (χ1) is 10.7. The molecule has 4 N–H and O–H groups in total. The molecular weight excluding hydrogens is 300 g/mol. The number of halogens is 1. The Hall–Kier alpha value is -2.86. The van der Waals surface area contributed by atoms with Crippen molar-refractivity contribution in [1.82, 2.24) is 15.0 Å². The van der Waals surface area contributed by atoms with E-state index in [-0.39, 0.29) is 0 Å². The molecule has 0 radical (unpaired) electrons. The Kier molecular flexibility index (Phi) is 4.02.